The first-order valence-corrected chi connectivity index (χ1v) is 10.4. The van der Waals surface area contributed by atoms with Crippen LogP contribution in [0.15, 0.2) is 59.6 Å². The summed E-state index contributed by atoms with van der Waals surface area (Å²) in [6.07, 6.45) is 2.41. The summed E-state index contributed by atoms with van der Waals surface area (Å²) in [6, 6.07) is 17.7. The molecule has 0 saturated carbocycles. The summed E-state index contributed by atoms with van der Waals surface area (Å²) >= 11 is 0. The number of hydrogen-bond donors (Lipinski definition) is 3. The number of carbonyl (C=O) groups is 1. The van der Waals surface area contributed by atoms with Crippen molar-refractivity contribution in [3.05, 3.63) is 60.2 Å². The van der Waals surface area contributed by atoms with E-state index in [1.165, 1.54) is 12.8 Å². The number of methoxy groups -OCH3 is 1. The Morgan fingerprint density at radius 3 is 2.47 bits per heavy atom. The average Bonchev–Trinajstić information content (AvgIpc) is 3.31. The molecule has 1 atom stereocenters. The van der Waals surface area contributed by atoms with Crippen LogP contribution in [0.3, 0.4) is 0 Å². The van der Waals surface area contributed by atoms with Crippen LogP contribution in [-0.2, 0) is 4.79 Å². The van der Waals surface area contributed by atoms with Gasteiger partial charge in [-0.15, -0.1) is 0 Å². The summed E-state index contributed by atoms with van der Waals surface area (Å²) in [4.78, 5) is 18.9. The van der Waals surface area contributed by atoms with E-state index in [-0.39, 0.29) is 18.5 Å². The highest BCUT2D eigenvalue weighted by atomic mass is 16.5. The van der Waals surface area contributed by atoms with E-state index in [0.29, 0.717) is 12.5 Å². The second kappa shape index (κ2) is 11.2. The lowest BCUT2D eigenvalue weighted by Gasteiger charge is -2.30. The molecule has 1 amide bonds. The Hall–Kier alpha value is -3.06. The summed E-state index contributed by atoms with van der Waals surface area (Å²) < 4.78 is 5.60. The van der Waals surface area contributed by atoms with E-state index < -0.39 is 0 Å². The van der Waals surface area contributed by atoms with Crippen molar-refractivity contribution in [3.63, 3.8) is 0 Å². The van der Waals surface area contributed by atoms with E-state index in [4.69, 9.17) is 4.74 Å². The Labute approximate surface area is 178 Å². The number of nitrogens with zero attached hydrogens (tertiary/aromatic N) is 2. The molecule has 1 unspecified atom stereocenters. The van der Waals surface area contributed by atoms with E-state index >= 15 is 0 Å². The van der Waals surface area contributed by atoms with E-state index in [9.17, 15) is 4.79 Å². The molecule has 7 heteroatoms. The molecule has 7 nitrogen and oxygen atoms in total. The molecule has 2 aromatic carbocycles. The van der Waals surface area contributed by atoms with Gasteiger partial charge in [-0.2, -0.15) is 0 Å². The van der Waals surface area contributed by atoms with Crippen molar-refractivity contribution in [3.8, 4) is 5.75 Å². The van der Waals surface area contributed by atoms with Gasteiger partial charge in [0.1, 0.15) is 5.75 Å². The first-order chi connectivity index (χ1) is 14.7. The van der Waals surface area contributed by atoms with E-state index in [1.807, 2.05) is 48.5 Å². The number of ether oxygens (including phenoxy) is 1. The van der Waals surface area contributed by atoms with Crippen molar-refractivity contribution in [2.75, 3.05) is 45.7 Å². The van der Waals surface area contributed by atoms with Gasteiger partial charge in [0.15, 0.2) is 5.96 Å². The van der Waals surface area contributed by atoms with E-state index in [1.54, 1.807) is 14.2 Å². The first-order valence-electron chi connectivity index (χ1n) is 10.4. The van der Waals surface area contributed by atoms with Crippen LogP contribution < -0.4 is 20.7 Å². The molecule has 0 aromatic heterocycles. The Bertz CT molecular complexity index is 834. The third kappa shape index (κ3) is 5.97. The van der Waals surface area contributed by atoms with Gasteiger partial charge in [-0.1, -0.05) is 36.4 Å². The smallest absolute Gasteiger partial charge is 0.243 e. The molecule has 1 aliphatic rings. The van der Waals surface area contributed by atoms with Crippen LogP contribution in [-0.4, -0.2) is 57.1 Å². The summed E-state index contributed by atoms with van der Waals surface area (Å²) in [5.41, 5.74) is 1.93. The third-order valence-electron chi connectivity index (χ3n) is 5.24. The topological polar surface area (TPSA) is 78.0 Å². The molecule has 1 aliphatic heterocycles. The van der Waals surface area contributed by atoms with Crippen molar-refractivity contribution in [2.24, 2.45) is 4.99 Å². The van der Waals surface area contributed by atoms with Gasteiger partial charge >= 0.3 is 0 Å². The van der Waals surface area contributed by atoms with Crippen LogP contribution >= 0.6 is 0 Å². The number of benzene rings is 2. The summed E-state index contributed by atoms with van der Waals surface area (Å²) in [5, 5.41) is 9.33. The highest BCUT2D eigenvalue weighted by molar-refractivity contribution is 5.94. The number of para-hydroxylation sites is 2. The highest BCUT2D eigenvalue weighted by Crippen LogP contribution is 2.31. The lowest BCUT2D eigenvalue weighted by Crippen LogP contribution is -2.45. The molecule has 1 fully saturated rings. The quantitative estimate of drug-likeness (QED) is 0.462. The summed E-state index contributed by atoms with van der Waals surface area (Å²) in [7, 11) is 3.41. The third-order valence-corrected chi connectivity index (χ3v) is 5.24. The minimum atomic E-state index is -0.120. The Kier molecular flexibility index (Phi) is 8.09. The Morgan fingerprint density at radius 2 is 1.77 bits per heavy atom. The van der Waals surface area contributed by atoms with E-state index in [0.717, 1.165) is 30.1 Å². The summed E-state index contributed by atoms with van der Waals surface area (Å²) in [6.45, 7) is 2.93. The van der Waals surface area contributed by atoms with E-state index in [2.05, 4.69) is 31.9 Å². The van der Waals surface area contributed by atoms with Gasteiger partial charge in [0.25, 0.3) is 0 Å². The second-order valence-corrected chi connectivity index (χ2v) is 7.22. The number of carbonyl (C=O) groups excluding carboxylic acids is 1. The van der Waals surface area contributed by atoms with Crippen LogP contribution in [0, 0.1) is 0 Å². The summed E-state index contributed by atoms with van der Waals surface area (Å²) in [5.74, 6) is 1.36. The Balaban J connectivity index is 1.58. The predicted octanol–water partition coefficient (Wildman–Crippen LogP) is 2.64. The number of anilines is 1. The molecular weight excluding hydrogens is 378 g/mol. The number of hydrogen-bond acceptors (Lipinski definition) is 4. The maximum Gasteiger partial charge on any atom is 0.243 e. The highest BCUT2D eigenvalue weighted by Gasteiger charge is 2.26. The van der Waals surface area contributed by atoms with Crippen LogP contribution in [0.25, 0.3) is 0 Å². The molecule has 0 bridgehead atoms. The number of amides is 1. The maximum atomic E-state index is 12.2. The minimum Gasteiger partial charge on any atom is -0.496 e. The van der Waals surface area contributed by atoms with Crippen molar-refractivity contribution in [1.29, 1.82) is 0 Å². The standard InChI is InChI=1S/C23H31N5O2/c1-24-23(26-17-22(29)27-18-10-4-3-5-11-18)25-16-20(28-14-8-9-15-28)19-12-6-7-13-21(19)30-2/h3-7,10-13,20H,8-9,14-17H2,1-2H3,(H,27,29)(H2,24,25,26). The van der Waals surface area contributed by atoms with Crippen LogP contribution in [0.2, 0.25) is 0 Å². The minimum absolute atomic E-state index is 0.120. The molecular formula is C23H31N5O2. The second-order valence-electron chi connectivity index (χ2n) is 7.22. The van der Waals surface area contributed by atoms with Gasteiger partial charge in [-0.05, 0) is 44.1 Å². The zero-order valence-corrected chi connectivity index (χ0v) is 17.7. The number of guanidine groups is 1. The SMILES string of the molecule is CN=C(NCC(=O)Nc1ccccc1)NCC(c1ccccc1OC)N1CCCC1. The zero-order valence-electron chi connectivity index (χ0n) is 17.7. The van der Waals surface area contributed by atoms with Gasteiger partial charge in [0.05, 0.1) is 19.7 Å². The average molecular weight is 410 g/mol. The normalized spacial score (nSPS) is 15.5. The van der Waals surface area contributed by atoms with Gasteiger partial charge in [-0.25, -0.2) is 0 Å². The number of likely N-dealkylation sites (tertiary alicyclic amines) is 1. The first kappa shape index (κ1) is 21.6. The van der Waals surface area contributed by atoms with Gasteiger partial charge in [-0.3, -0.25) is 14.7 Å². The van der Waals surface area contributed by atoms with Crippen LogP contribution in [0.5, 0.6) is 5.75 Å². The maximum absolute atomic E-state index is 12.2. The fraction of sp³-hybridized carbons (Fsp3) is 0.391. The predicted molar refractivity (Wildman–Crippen MR) is 121 cm³/mol. The van der Waals surface area contributed by atoms with Crippen LogP contribution in [0.4, 0.5) is 5.69 Å². The number of nitrogens with one attached hydrogen (secondary N) is 3. The molecule has 160 valence electrons. The lowest BCUT2D eigenvalue weighted by atomic mass is 10.0. The largest absolute Gasteiger partial charge is 0.496 e. The Morgan fingerprint density at radius 1 is 1.07 bits per heavy atom. The van der Waals surface area contributed by atoms with Crippen molar-refractivity contribution < 1.29 is 9.53 Å². The van der Waals surface area contributed by atoms with Gasteiger partial charge in [0, 0.05) is 24.8 Å². The molecule has 0 aliphatic carbocycles. The van der Waals surface area contributed by atoms with Crippen molar-refractivity contribution in [2.45, 2.75) is 18.9 Å². The number of aliphatic imine (C=N–C) groups is 1. The fourth-order valence-electron chi connectivity index (χ4n) is 3.74. The fourth-order valence-corrected chi connectivity index (χ4v) is 3.74. The van der Waals surface area contributed by atoms with Crippen molar-refractivity contribution >= 4 is 17.6 Å². The lowest BCUT2D eigenvalue weighted by molar-refractivity contribution is -0.115. The molecule has 30 heavy (non-hydrogen) atoms. The molecule has 1 saturated heterocycles. The molecule has 1 heterocycles. The molecule has 0 radical (unpaired) electrons. The zero-order chi connectivity index (χ0) is 21.2. The van der Waals surface area contributed by atoms with Gasteiger partial charge < -0.3 is 20.7 Å². The molecule has 3 N–H and O–H groups in total. The van der Waals surface area contributed by atoms with Crippen molar-refractivity contribution in [1.82, 2.24) is 15.5 Å². The monoisotopic (exact) mass is 409 g/mol. The van der Waals surface area contributed by atoms with Gasteiger partial charge in [0.2, 0.25) is 5.91 Å². The number of rotatable bonds is 8. The molecule has 0 spiro atoms. The van der Waals surface area contributed by atoms with Crippen LogP contribution in [0.1, 0.15) is 24.4 Å². The molecule has 3 rings (SSSR count). The molecule has 2 aromatic rings.